The van der Waals surface area contributed by atoms with Gasteiger partial charge in [0.2, 0.25) is 5.88 Å². The number of nitrogens with two attached hydrogens (primary N) is 1. The van der Waals surface area contributed by atoms with Crippen molar-refractivity contribution in [1.82, 2.24) is 4.98 Å². The van der Waals surface area contributed by atoms with E-state index in [0.717, 1.165) is 18.8 Å². The van der Waals surface area contributed by atoms with E-state index in [1.807, 2.05) is 18.2 Å². The Hall–Kier alpha value is -1.29. The number of nitrogens with zero attached hydrogens (tertiary/aromatic N) is 1. The number of anilines is 1. The van der Waals surface area contributed by atoms with E-state index < -0.39 is 0 Å². The van der Waals surface area contributed by atoms with Crippen LogP contribution in [0.1, 0.15) is 20.3 Å². The van der Waals surface area contributed by atoms with Crippen molar-refractivity contribution in [3.05, 3.63) is 18.2 Å². The molecule has 0 radical (unpaired) electrons. The summed E-state index contributed by atoms with van der Waals surface area (Å²) in [5, 5.41) is 3.21. The van der Waals surface area contributed by atoms with Crippen LogP contribution in [-0.4, -0.2) is 24.7 Å². The van der Waals surface area contributed by atoms with Gasteiger partial charge in [0.25, 0.3) is 0 Å². The maximum absolute atomic E-state index is 5.97. The fraction of sp³-hybridized carbons (Fsp3) is 0.583. The van der Waals surface area contributed by atoms with Crippen LogP contribution in [0.5, 0.6) is 5.88 Å². The van der Waals surface area contributed by atoms with E-state index >= 15 is 0 Å². The van der Waals surface area contributed by atoms with Gasteiger partial charge in [0, 0.05) is 18.7 Å². The third-order valence-corrected chi connectivity index (χ3v) is 2.25. The molecule has 4 heteroatoms. The predicted octanol–water partition coefficient (Wildman–Crippen LogP) is 1.88. The Bertz CT molecular complexity index is 315. The number of ether oxygens (including phenoxy) is 1. The van der Waals surface area contributed by atoms with Crippen LogP contribution in [0.3, 0.4) is 0 Å². The molecule has 1 aromatic heterocycles. The smallest absolute Gasteiger partial charge is 0.214 e. The second-order valence-electron chi connectivity index (χ2n) is 4.34. The Balaban J connectivity index is 2.41. The van der Waals surface area contributed by atoms with Gasteiger partial charge in [-0.2, -0.15) is 4.98 Å². The Morgan fingerprint density at radius 2 is 2.19 bits per heavy atom. The number of methoxy groups -OCH3 is 1. The third kappa shape index (κ3) is 4.49. The molecule has 0 aliphatic rings. The molecule has 1 unspecified atom stereocenters. The molecule has 0 spiro atoms. The lowest BCUT2D eigenvalue weighted by atomic mass is 10.0. The molecule has 0 aliphatic heterocycles. The summed E-state index contributed by atoms with van der Waals surface area (Å²) in [6, 6.07) is 5.79. The van der Waals surface area contributed by atoms with Crippen molar-refractivity contribution in [2.75, 3.05) is 19.0 Å². The van der Waals surface area contributed by atoms with E-state index in [9.17, 15) is 0 Å². The van der Waals surface area contributed by atoms with Gasteiger partial charge in [0.1, 0.15) is 5.82 Å². The maximum atomic E-state index is 5.97. The Morgan fingerprint density at radius 3 is 2.81 bits per heavy atom. The summed E-state index contributed by atoms with van der Waals surface area (Å²) in [6.45, 7) is 5.08. The molecule has 4 nitrogen and oxygen atoms in total. The molecule has 0 fully saturated rings. The second kappa shape index (κ2) is 6.33. The van der Waals surface area contributed by atoms with Crippen LogP contribution in [-0.2, 0) is 0 Å². The summed E-state index contributed by atoms with van der Waals surface area (Å²) in [6.07, 6.45) is 1.01. The first-order valence-corrected chi connectivity index (χ1v) is 5.62. The van der Waals surface area contributed by atoms with Crippen molar-refractivity contribution in [2.45, 2.75) is 26.3 Å². The zero-order chi connectivity index (χ0) is 12.0. The normalized spacial score (nSPS) is 12.6. The van der Waals surface area contributed by atoms with Crippen LogP contribution in [0.25, 0.3) is 0 Å². The number of pyridine rings is 1. The van der Waals surface area contributed by atoms with Gasteiger partial charge in [-0.1, -0.05) is 19.9 Å². The lowest BCUT2D eigenvalue weighted by molar-refractivity contribution is 0.398. The number of hydrogen-bond donors (Lipinski definition) is 2. The van der Waals surface area contributed by atoms with Crippen LogP contribution in [0.2, 0.25) is 0 Å². The molecule has 0 saturated heterocycles. The van der Waals surface area contributed by atoms with Gasteiger partial charge >= 0.3 is 0 Å². The van der Waals surface area contributed by atoms with Gasteiger partial charge in [-0.15, -0.1) is 0 Å². The molecular formula is C12H21N3O. The summed E-state index contributed by atoms with van der Waals surface area (Å²) in [7, 11) is 1.61. The highest BCUT2D eigenvalue weighted by Crippen LogP contribution is 2.11. The zero-order valence-electron chi connectivity index (χ0n) is 10.2. The number of hydrogen-bond acceptors (Lipinski definition) is 4. The summed E-state index contributed by atoms with van der Waals surface area (Å²) >= 11 is 0. The third-order valence-electron chi connectivity index (χ3n) is 2.25. The number of aromatic nitrogens is 1. The highest BCUT2D eigenvalue weighted by Gasteiger charge is 2.05. The standard InChI is InChI=1S/C12H21N3O/c1-9(2)7-10(13)8-14-11-5-4-6-12(15-11)16-3/h4-6,9-10H,7-8,13H2,1-3H3,(H,14,15). The Morgan fingerprint density at radius 1 is 1.44 bits per heavy atom. The molecule has 16 heavy (non-hydrogen) atoms. The molecule has 0 aliphatic carbocycles. The van der Waals surface area contributed by atoms with Crippen LogP contribution < -0.4 is 15.8 Å². The molecule has 3 N–H and O–H groups in total. The van der Waals surface area contributed by atoms with Crippen molar-refractivity contribution in [2.24, 2.45) is 11.7 Å². The van der Waals surface area contributed by atoms with Gasteiger partial charge in [0.05, 0.1) is 7.11 Å². The highest BCUT2D eigenvalue weighted by atomic mass is 16.5. The van der Waals surface area contributed by atoms with Gasteiger partial charge in [0.15, 0.2) is 0 Å². The monoisotopic (exact) mass is 223 g/mol. The van der Waals surface area contributed by atoms with Crippen molar-refractivity contribution in [3.63, 3.8) is 0 Å². The minimum atomic E-state index is 0.160. The molecule has 1 aromatic rings. The molecule has 1 atom stereocenters. The topological polar surface area (TPSA) is 60.2 Å². The molecular weight excluding hydrogens is 202 g/mol. The van der Waals surface area contributed by atoms with E-state index in [4.69, 9.17) is 10.5 Å². The first-order valence-electron chi connectivity index (χ1n) is 5.62. The fourth-order valence-corrected chi connectivity index (χ4v) is 1.55. The predicted molar refractivity (Wildman–Crippen MR) is 66.7 cm³/mol. The highest BCUT2D eigenvalue weighted by molar-refractivity contribution is 5.37. The van der Waals surface area contributed by atoms with E-state index in [1.54, 1.807) is 7.11 Å². The largest absolute Gasteiger partial charge is 0.481 e. The van der Waals surface area contributed by atoms with E-state index in [2.05, 4.69) is 24.1 Å². The van der Waals surface area contributed by atoms with Crippen molar-refractivity contribution in [1.29, 1.82) is 0 Å². The first kappa shape index (κ1) is 12.8. The van der Waals surface area contributed by atoms with Gasteiger partial charge in [-0.3, -0.25) is 0 Å². The summed E-state index contributed by atoms with van der Waals surface area (Å²) in [5.41, 5.74) is 5.97. The van der Waals surface area contributed by atoms with Gasteiger partial charge in [-0.25, -0.2) is 0 Å². The lowest BCUT2D eigenvalue weighted by Crippen LogP contribution is -2.30. The van der Waals surface area contributed by atoms with Crippen molar-refractivity contribution in [3.8, 4) is 5.88 Å². The molecule has 0 amide bonds. The number of rotatable bonds is 6. The van der Waals surface area contributed by atoms with E-state index in [-0.39, 0.29) is 6.04 Å². The van der Waals surface area contributed by atoms with Crippen LogP contribution in [0, 0.1) is 5.92 Å². The molecule has 1 rings (SSSR count). The molecule has 0 saturated carbocycles. The molecule has 0 bridgehead atoms. The van der Waals surface area contributed by atoms with E-state index in [0.29, 0.717) is 11.8 Å². The summed E-state index contributed by atoms with van der Waals surface area (Å²) in [5.74, 6) is 2.04. The second-order valence-corrected chi connectivity index (χ2v) is 4.34. The molecule has 0 aromatic carbocycles. The van der Waals surface area contributed by atoms with E-state index in [1.165, 1.54) is 0 Å². The summed E-state index contributed by atoms with van der Waals surface area (Å²) in [4.78, 5) is 4.25. The SMILES string of the molecule is COc1cccc(NCC(N)CC(C)C)n1. The van der Waals surface area contributed by atoms with Crippen LogP contribution in [0.15, 0.2) is 18.2 Å². The van der Waals surface area contributed by atoms with Crippen LogP contribution in [0.4, 0.5) is 5.82 Å². The first-order chi connectivity index (χ1) is 7.61. The average molecular weight is 223 g/mol. The van der Waals surface area contributed by atoms with Gasteiger partial charge < -0.3 is 15.8 Å². The summed E-state index contributed by atoms with van der Waals surface area (Å²) < 4.78 is 5.04. The van der Waals surface area contributed by atoms with Crippen molar-refractivity contribution < 1.29 is 4.74 Å². The molecule has 90 valence electrons. The number of nitrogens with one attached hydrogen (secondary N) is 1. The van der Waals surface area contributed by atoms with Gasteiger partial charge in [-0.05, 0) is 18.4 Å². The zero-order valence-corrected chi connectivity index (χ0v) is 10.2. The lowest BCUT2D eigenvalue weighted by Gasteiger charge is -2.15. The van der Waals surface area contributed by atoms with Crippen LogP contribution >= 0.6 is 0 Å². The average Bonchev–Trinajstić information content (AvgIpc) is 2.26. The minimum absolute atomic E-state index is 0.160. The fourth-order valence-electron chi connectivity index (χ4n) is 1.55. The Kier molecular flexibility index (Phi) is 5.05. The Labute approximate surface area is 97.2 Å². The van der Waals surface area contributed by atoms with Crippen molar-refractivity contribution >= 4 is 5.82 Å². The minimum Gasteiger partial charge on any atom is -0.481 e. The quantitative estimate of drug-likeness (QED) is 0.773. The maximum Gasteiger partial charge on any atom is 0.214 e. The molecule has 1 heterocycles.